The third-order valence-corrected chi connectivity index (χ3v) is 19.4. The second kappa shape index (κ2) is 12.8. The quantitative estimate of drug-likeness (QED) is 0.153. The lowest BCUT2D eigenvalue weighted by Crippen LogP contribution is -2.65. The smallest absolute Gasteiger partial charge is 0.333 e. The minimum atomic E-state index is -0.118. The lowest BCUT2D eigenvalue weighted by molar-refractivity contribution is 0.195. The topological polar surface area (TPSA) is 19.6 Å². The van der Waals surface area contributed by atoms with Crippen LogP contribution in [-0.2, 0) is 27.1 Å². The molecule has 3 aliphatic heterocycles. The van der Waals surface area contributed by atoms with Gasteiger partial charge in [0.15, 0.2) is 0 Å². The Balaban J connectivity index is 1.25. The molecule has 0 spiro atoms. The molecule has 0 bridgehead atoms. The third-order valence-electron chi connectivity index (χ3n) is 18.3. The van der Waals surface area contributed by atoms with E-state index in [1.807, 2.05) is 11.3 Å². The number of nitrogens with zero attached hydrogens (tertiary/aromatic N) is 2. The van der Waals surface area contributed by atoms with Crippen LogP contribution in [0.2, 0.25) is 0 Å². The molecule has 1 saturated carbocycles. The van der Waals surface area contributed by atoms with Crippen LogP contribution in [0.5, 0.6) is 0 Å². The molecule has 5 heteroatoms. The number of para-hydroxylation sites is 1. The first kappa shape index (κ1) is 41.2. The molecule has 3 nitrogen and oxygen atoms in total. The van der Waals surface area contributed by atoms with Crippen molar-refractivity contribution in [2.75, 3.05) is 9.71 Å². The highest BCUT2D eigenvalue weighted by Gasteiger charge is 2.62. The van der Waals surface area contributed by atoms with Gasteiger partial charge in [-0.3, -0.25) is 0 Å². The van der Waals surface area contributed by atoms with Crippen molar-refractivity contribution in [3.8, 4) is 11.1 Å². The number of hydrogen-bond acceptors (Lipinski definition) is 4. The summed E-state index contributed by atoms with van der Waals surface area (Å²) in [6.45, 7) is 31.8. The zero-order chi connectivity index (χ0) is 46.0. The summed E-state index contributed by atoms with van der Waals surface area (Å²) >= 11 is 1.99. The molecule has 0 saturated heterocycles. The van der Waals surface area contributed by atoms with Crippen molar-refractivity contribution < 1.29 is 4.42 Å². The van der Waals surface area contributed by atoms with Gasteiger partial charge in [-0.1, -0.05) is 138 Å². The van der Waals surface area contributed by atoms with E-state index in [1.165, 1.54) is 136 Å². The lowest BCUT2D eigenvalue weighted by atomic mass is 9.42. The van der Waals surface area contributed by atoms with Crippen LogP contribution in [0.15, 0.2) is 89.3 Å². The molecule has 2 unspecified atom stereocenters. The van der Waals surface area contributed by atoms with Crippen LogP contribution in [0.4, 0.5) is 22.7 Å². The number of anilines is 4. The maximum Gasteiger partial charge on any atom is 0.333 e. The third kappa shape index (κ3) is 5.12. The Kier molecular flexibility index (Phi) is 7.96. The van der Waals surface area contributed by atoms with Gasteiger partial charge in [0, 0.05) is 53.6 Å². The van der Waals surface area contributed by atoms with E-state index < -0.39 is 0 Å². The summed E-state index contributed by atoms with van der Waals surface area (Å²) in [5, 5.41) is 5.27. The molecule has 1 fully saturated rings. The number of furan rings is 1. The van der Waals surface area contributed by atoms with Crippen molar-refractivity contribution in [3.05, 3.63) is 118 Å². The van der Waals surface area contributed by atoms with Crippen molar-refractivity contribution in [2.45, 2.75) is 161 Å². The summed E-state index contributed by atoms with van der Waals surface area (Å²) in [6.07, 6.45) is 7.24. The van der Waals surface area contributed by atoms with E-state index in [0.717, 1.165) is 17.6 Å². The van der Waals surface area contributed by atoms with Crippen molar-refractivity contribution in [3.63, 3.8) is 0 Å². The van der Waals surface area contributed by atoms with Crippen molar-refractivity contribution in [2.24, 2.45) is 0 Å². The molecule has 2 aliphatic carbocycles. The van der Waals surface area contributed by atoms with Crippen LogP contribution < -0.4 is 20.6 Å². The van der Waals surface area contributed by atoms with Gasteiger partial charge in [-0.05, 0) is 147 Å². The average Bonchev–Trinajstić information content (AvgIpc) is 3.89. The molecule has 6 aromatic carbocycles. The Bertz CT molecular complexity index is 3480. The lowest BCUT2D eigenvalue weighted by Gasteiger charge is -2.53. The first-order valence-electron chi connectivity index (χ1n) is 25.0. The first-order valence-corrected chi connectivity index (χ1v) is 25.9. The number of thiophene rings is 1. The van der Waals surface area contributed by atoms with Crippen LogP contribution in [-0.4, -0.2) is 12.4 Å². The van der Waals surface area contributed by atoms with Crippen LogP contribution in [0.1, 0.15) is 155 Å². The van der Waals surface area contributed by atoms with Gasteiger partial charge in [0.25, 0.3) is 0 Å². The van der Waals surface area contributed by atoms with E-state index in [1.54, 1.807) is 5.56 Å². The minimum absolute atomic E-state index is 0.0295. The first-order chi connectivity index (χ1) is 31.1. The van der Waals surface area contributed by atoms with Crippen LogP contribution in [0, 0.1) is 6.92 Å². The molecule has 0 N–H and O–H groups in total. The minimum Gasteiger partial charge on any atom is -0.456 e. The van der Waals surface area contributed by atoms with Crippen LogP contribution >= 0.6 is 11.3 Å². The Morgan fingerprint density at radius 2 is 1.30 bits per heavy atom. The Morgan fingerprint density at radius 1 is 0.591 bits per heavy atom. The molecule has 13 rings (SSSR count). The van der Waals surface area contributed by atoms with E-state index in [9.17, 15) is 0 Å². The molecule has 334 valence electrons. The van der Waals surface area contributed by atoms with E-state index in [4.69, 9.17) is 4.42 Å². The molecule has 8 aromatic rings. The van der Waals surface area contributed by atoms with Crippen molar-refractivity contribution >= 4 is 94.0 Å². The molecule has 2 atom stereocenters. The number of aryl methyl sites for hydroxylation is 1. The number of rotatable bonds is 1. The van der Waals surface area contributed by atoms with Gasteiger partial charge in [0.1, 0.15) is 11.2 Å². The number of hydrogen-bond donors (Lipinski definition) is 0. The van der Waals surface area contributed by atoms with Crippen LogP contribution in [0.3, 0.4) is 0 Å². The Labute approximate surface area is 396 Å². The van der Waals surface area contributed by atoms with Gasteiger partial charge in [-0.2, -0.15) is 0 Å². The highest BCUT2D eigenvalue weighted by atomic mass is 32.1. The standard InChI is InChI=1S/C61H65BN2OS/c1-34-28-35(56(2,3)4)20-22-45(34)64-53-37(21-23-48-51(53)40-31-41-42(33-49(40)66-48)59(10,11)27-26-58(41,8)9)39-32-47-50(38-18-14-15-19-46(38)65-47)55-52(39)62(64)44-30-36(57(5,6)7)29-43-54(44)63(55)61(13)25-17-16-24-60(43,61)12/h14-15,18-23,28-33H,16-17,24-27H2,1-13H3. The largest absolute Gasteiger partial charge is 0.456 e. The summed E-state index contributed by atoms with van der Waals surface area (Å²) in [4.78, 5) is 5.78. The molecule has 5 heterocycles. The van der Waals surface area contributed by atoms with Gasteiger partial charge in [-0.25, -0.2) is 0 Å². The summed E-state index contributed by atoms with van der Waals surface area (Å²) in [6, 6.07) is 34.2. The molecular formula is C61H65BN2OS. The maximum absolute atomic E-state index is 7.08. The van der Waals surface area contributed by atoms with Crippen LogP contribution in [0.25, 0.3) is 53.2 Å². The number of benzene rings is 6. The van der Waals surface area contributed by atoms with Gasteiger partial charge in [-0.15, -0.1) is 11.3 Å². The summed E-state index contributed by atoms with van der Waals surface area (Å²) in [7, 11) is 0. The van der Waals surface area contributed by atoms with E-state index in [2.05, 4.69) is 185 Å². The molecule has 5 aliphatic rings. The van der Waals surface area contributed by atoms with E-state index >= 15 is 0 Å². The predicted octanol–water partition coefficient (Wildman–Crippen LogP) is 16.2. The van der Waals surface area contributed by atoms with Gasteiger partial charge in [0.2, 0.25) is 0 Å². The fraction of sp³-hybridized carbons (Fsp3) is 0.410. The van der Waals surface area contributed by atoms with Crippen molar-refractivity contribution in [1.82, 2.24) is 0 Å². The van der Waals surface area contributed by atoms with Gasteiger partial charge < -0.3 is 14.1 Å². The molecule has 2 aromatic heterocycles. The van der Waals surface area contributed by atoms with Gasteiger partial charge in [0.05, 0.1) is 16.6 Å². The maximum atomic E-state index is 7.08. The highest BCUT2D eigenvalue weighted by molar-refractivity contribution is 7.26. The van der Waals surface area contributed by atoms with E-state index in [0.29, 0.717) is 0 Å². The van der Waals surface area contributed by atoms with Gasteiger partial charge >= 0.3 is 6.85 Å². The summed E-state index contributed by atoms with van der Waals surface area (Å²) in [5.74, 6) is 0. The number of fused-ring (bicyclic) bond motifs is 16. The predicted molar refractivity (Wildman–Crippen MR) is 286 cm³/mol. The van der Waals surface area contributed by atoms with E-state index in [-0.39, 0.29) is 39.5 Å². The van der Waals surface area contributed by atoms with Crippen molar-refractivity contribution in [1.29, 1.82) is 0 Å². The Hall–Kier alpha value is -5.00. The second-order valence-corrected chi connectivity index (χ2v) is 26.2. The SMILES string of the molecule is Cc1cc(C(C)(C)C)ccc1N1B2c3cc(C(C)(C)C)cc4c3N(c3c2c(cc2oc5ccccc5c32)-c2ccc3sc5cc6c(cc5c3c21)C(C)(C)CCC6(C)C)C1(C)CCCCC41C. The fourth-order valence-corrected chi connectivity index (χ4v) is 15.2. The zero-order valence-corrected chi connectivity index (χ0v) is 42.4. The fourth-order valence-electron chi connectivity index (χ4n) is 14.0. The Morgan fingerprint density at radius 3 is 2.03 bits per heavy atom. The molecular weight excluding hydrogens is 820 g/mol. The second-order valence-electron chi connectivity index (χ2n) is 25.1. The molecule has 66 heavy (non-hydrogen) atoms. The molecule has 0 radical (unpaired) electrons. The monoisotopic (exact) mass is 884 g/mol. The summed E-state index contributed by atoms with van der Waals surface area (Å²) in [5.41, 5.74) is 21.7. The normalized spacial score (nSPS) is 22.5. The average molecular weight is 885 g/mol. The zero-order valence-electron chi connectivity index (χ0n) is 41.6. The summed E-state index contributed by atoms with van der Waals surface area (Å²) < 4.78 is 9.84. The molecule has 0 amide bonds. The highest BCUT2D eigenvalue weighted by Crippen LogP contribution is 2.64.